The summed E-state index contributed by atoms with van der Waals surface area (Å²) in [5.74, 6) is 0. The molecule has 84 valence electrons. The van der Waals surface area contributed by atoms with Crippen LogP contribution in [0.15, 0.2) is 30.3 Å². The lowest BCUT2D eigenvalue weighted by Crippen LogP contribution is -2.03. The molecule has 16 heavy (non-hydrogen) atoms. The van der Waals surface area contributed by atoms with Crippen LogP contribution < -0.4 is 5.73 Å². The average Bonchev–Trinajstić information content (AvgIpc) is 2.70. The van der Waals surface area contributed by atoms with Crippen molar-refractivity contribution in [3.63, 3.8) is 0 Å². The standard InChI is InChI=1S/C13H17N3/c1-3-16-13(8-10(2)15-16)12-7-5-4-6-11(12)9-14/h4-8H,3,9,14H2,1-2H3. The predicted molar refractivity (Wildman–Crippen MR) is 66.0 cm³/mol. The molecule has 1 aromatic heterocycles. The highest BCUT2D eigenvalue weighted by Crippen LogP contribution is 2.24. The van der Waals surface area contributed by atoms with E-state index in [9.17, 15) is 0 Å². The molecule has 0 saturated carbocycles. The summed E-state index contributed by atoms with van der Waals surface area (Å²) in [6, 6.07) is 10.3. The minimum Gasteiger partial charge on any atom is -0.326 e. The van der Waals surface area contributed by atoms with E-state index in [0.29, 0.717) is 6.54 Å². The molecule has 0 aliphatic carbocycles. The number of nitrogens with two attached hydrogens (primary N) is 1. The van der Waals surface area contributed by atoms with Crippen molar-refractivity contribution >= 4 is 0 Å². The number of aryl methyl sites for hydroxylation is 2. The molecule has 0 unspecified atom stereocenters. The van der Waals surface area contributed by atoms with Gasteiger partial charge in [-0.3, -0.25) is 4.68 Å². The first-order valence-electron chi connectivity index (χ1n) is 5.59. The van der Waals surface area contributed by atoms with Crippen LogP contribution in [0.5, 0.6) is 0 Å². The van der Waals surface area contributed by atoms with E-state index in [4.69, 9.17) is 5.73 Å². The van der Waals surface area contributed by atoms with Crippen LogP contribution >= 0.6 is 0 Å². The monoisotopic (exact) mass is 215 g/mol. The number of nitrogens with zero attached hydrogens (tertiary/aromatic N) is 2. The lowest BCUT2D eigenvalue weighted by Gasteiger charge is -2.08. The largest absolute Gasteiger partial charge is 0.326 e. The second-order valence-electron chi connectivity index (χ2n) is 3.85. The van der Waals surface area contributed by atoms with Gasteiger partial charge in [0, 0.05) is 18.7 Å². The van der Waals surface area contributed by atoms with Crippen molar-refractivity contribution in [1.82, 2.24) is 9.78 Å². The first-order valence-corrected chi connectivity index (χ1v) is 5.59. The summed E-state index contributed by atoms with van der Waals surface area (Å²) in [6.07, 6.45) is 0. The Morgan fingerprint density at radius 1 is 1.31 bits per heavy atom. The van der Waals surface area contributed by atoms with Gasteiger partial charge in [0.1, 0.15) is 0 Å². The van der Waals surface area contributed by atoms with Crippen molar-refractivity contribution in [3.05, 3.63) is 41.6 Å². The van der Waals surface area contributed by atoms with E-state index in [1.807, 2.05) is 23.7 Å². The van der Waals surface area contributed by atoms with Crippen molar-refractivity contribution in [3.8, 4) is 11.3 Å². The Labute approximate surface area is 95.9 Å². The average molecular weight is 215 g/mol. The van der Waals surface area contributed by atoms with E-state index in [1.54, 1.807) is 0 Å². The third-order valence-corrected chi connectivity index (χ3v) is 2.71. The molecular weight excluding hydrogens is 198 g/mol. The molecule has 2 rings (SSSR count). The van der Waals surface area contributed by atoms with Gasteiger partial charge in [0.15, 0.2) is 0 Å². The quantitative estimate of drug-likeness (QED) is 0.854. The van der Waals surface area contributed by atoms with E-state index >= 15 is 0 Å². The molecule has 3 nitrogen and oxygen atoms in total. The molecule has 0 spiro atoms. The molecule has 0 radical (unpaired) electrons. The van der Waals surface area contributed by atoms with Crippen molar-refractivity contribution in [2.45, 2.75) is 26.9 Å². The maximum atomic E-state index is 5.76. The highest BCUT2D eigenvalue weighted by molar-refractivity contribution is 5.64. The van der Waals surface area contributed by atoms with Crippen LogP contribution in [-0.4, -0.2) is 9.78 Å². The van der Waals surface area contributed by atoms with Crippen molar-refractivity contribution in [2.75, 3.05) is 0 Å². The Balaban J connectivity index is 2.57. The smallest absolute Gasteiger partial charge is 0.0688 e. The van der Waals surface area contributed by atoms with Gasteiger partial charge in [-0.2, -0.15) is 5.10 Å². The molecule has 1 aromatic carbocycles. The summed E-state index contributed by atoms with van der Waals surface area (Å²) >= 11 is 0. The topological polar surface area (TPSA) is 43.8 Å². The first-order chi connectivity index (χ1) is 7.76. The molecule has 3 heteroatoms. The van der Waals surface area contributed by atoms with E-state index in [-0.39, 0.29) is 0 Å². The summed E-state index contributed by atoms with van der Waals surface area (Å²) in [7, 11) is 0. The van der Waals surface area contributed by atoms with Crippen molar-refractivity contribution in [2.24, 2.45) is 5.73 Å². The van der Waals surface area contributed by atoms with Crippen LogP contribution in [0.1, 0.15) is 18.2 Å². The lowest BCUT2D eigenvalue weighted by atomic mass is 10.0. The third kappa shape index (κ3) is 1.86. The SMILES string of the molecule is CCn1nc(C)cc1-c1ccccc1CN. The van der Waals surface area contributed by atoms with Crippen LogP contribution in [0.3, 0.4) is 0 Å². The zero-order valence-electron chi connectivity index (χ0n) is 9.77. The Bertz CT molecular complexity index is 486. The molecule has 0 atom stereocenters. The molecule has 0 saturated heterocycles. The Morgan fingerprint density at radius 3 is 2.75 bits per heavy atom. The van der Waals surface area contributed by atoms with Gasteiger partial charge in [-0.05, 0) is 25.5 Å². The normalized spacial score (nSPS) is 10.7. The van der Waals surface area contributed by atoms with Crippen LogP contribution in [-0.2, 0) is 13.1 Å². The summed E-state index contributed by atoms with van der Waals surface area (Å²) in [6.45, 7) is 5.55. The maximum Gasteiger partial charge on any atom is 0.0688 e. The van der Waals surface area contributed by atoms with Crippen LogP contribution in [0.4, 0.5) is 0 Å². The van der Waals surface area contributed by atoms with Crippen LogP contribution in [0.25, 0.3) is 11.3 Å². The van der Waals surface area contributed by atoms with Gasteiger partial charge in [0.05, 0.1) is 11.4 Å². The molecule has 2 aromatic rings. The number of hydrogen-bond acceptors (Lipinski definition) is 2. The van der Waals surface area contributed by atoms with Gasteiger partial charge in [0.25, 0.3) is 0 Å². The molecule has 0 amide bonds. The molecule has 0 aliphatic rings. The fourth-order valence-electron chi connectivity index (χ4n) is 1.95. The Kier molecular flexibility index (Phi) is 3.06. The Hall–Kier alpha value is -1.61. The number of aromatic nitrogens is 2. The first kappa shape index (κ1) is 10.9. The van der Waals surface area contributed by atoms with Crippen molar-refractivity contribution < 1.29 is 0 Å². The molecular formula is C13H17N3. The molecule has 2 N–H and O–H groups in total. The van der Waals surface area contributed by atoms with Gasteiger partial charge < -0.3 is 5.73 Å². The van der Waals surface area contributed by atoms with E-state index in [1.165, 1.54) is 5.56 Å². The lowest BCUT2D eigenvalue weighted by molar-refractivity contribution is 0.660. The van der Waals surface area contributed by atoms with E-state index < -0.39 is 0 Å². The zero-order chi connectivity index (χ0) is 11.5. The number of benzene rings is 1. The minimum atomic E-state index is 0.560. The molecule has 0 fully saturated rings. The van der Waals surface area contributed by atoms with Crippen LogP contribution in [0.2, 0.25) is 0 Å². The zero-order valence-corrected chi connectivity index (χ0v) is 9.77. The second-order valence-corrected chi connectivity index (χ2v) is 3.85. The highest BCUT2D eigenvalue weighted by atomic mass is 15.3. The fourth-order valence-corrected chi connectivity index (χ4v) is 1.95. The Morgan fingerprint density at radius 2 is 2.06 bits per heavy atom. The van der Waals surface area contributed by atoms with E-state index in [2.05, 4.69) is 30.2 Å². The summed E-state index contributed by atoms with van der Waals surface area (Å²) in [4.78, 5) is 0. The van der Waals surface area contributed by atoms with Gasteiger partial charge in [-0.1, -0.05) is 24.3 Å². The molecule has 0 bridgehead atoms. The summed E-state index contributed by atoms with van der Waals surface area (Å²) in [5.41, 5.74) is 10.3. The van der Waals surface area contributed by atoms with Gasteiger partial charge in [-0.15, -0.1) is 0 Å². The van der Waals surface area contributed by atoms with Gasteiger partial charge >= 0.3 is 0 Å². The predicted octanol–water partition coefficient (Wildman–Crippen LogP) is 2.34. The van der Waals surface area contributed by atoms with Crippen molar-refractivity contribution in [1.29, 1.82) is 0 Å². The van der Waals surface area contributed by atoms with Gasteiger partial charge in [-0.25, -0.2) is 0 Å². The fraction of sp³-hybridized carbons (Fsp3) is 0.308. The summed E-state index contributed by atoms with van der Waals surface area (Å²) < 4.78 is 2.02. The molecule has 1 heterocycles. The van der Waals surface area contributed by atoms with Gasteiger partial charge in [0.2, 0.25) is 0 Å². The number of rotatable bonds is 3. The molecule has 0 aliphatic heterocycles. The second kappa shape index (κ2) is 4.49. The third-order valence-electron chi connectivity index (χ3n) is 2.71. The minimum absolute atomic E-state index is 0.560. The summed E-state index contributed by atoms with van der Waals surface area (Å²) in [5, 5.41) is 4.46. The van der Waals surface area contributed by atoms with E-state index in [0.717, 1.165) is 23.5 Å². The maximum absolute atomic E-state index is 5.76. The highest BCUT2D eigenvalue weighted by Gasteiger charge is 2.09. The number of hydrogen-bond donors (Lipinski definition) is 1. The van der Waals surface area contributed by atoms with Crippen LogP contribution in [0, 0.1) is 6.92 Å².